The molecule has 0 aromatic heterocycles. The number of piperidine rings is 1. The molecule has 1 rings (SSSR count). The minimum atomic E-state index is 0.433. The Morgan fingerprint density at radius 3 is 2.92 bits per heavy atom. The fraction of sp³-hybridized carbons (Fsp3) is 1.00. The molecule has 0 amide bonds. The molecule has 0 N–H and O–H groups in total. The lowest BCUT2D eigenvalue weighted by Gasteiger charge is -2.34. The summed E-state index contributed by atoms with van der Waals surface area (Å²) in [6, 6.07) is 0.751. The molecule has 12 heavy (non-hydrogen) atoms. The summed E-state index contributed by atoms with van der Waals surface area (Å²) in [7, 11) is 2.23. The third kappa shape index (κ3) is 2.95. The van der Waals surface area contributed by atoms with E-state index in [-0.39, 0.29) is 0 Å². The van der Waals surface area contributed by atoms with Crippen molar-refractivity contribution < 1.29 is 0 Å². The topological polar surface area (TPSA) is 3.24 Å². The highest BCUT2D eigenvalue weighted by Crippen LogP contribution is 2.23. The summed E-state index contributed by atoms with van der Waals surface area (Å²) >= 11 is 6.13. The van der Waals surface area contributed by atoms with Crippen LogP contribution >= 0.6 is 11.6 Å². The first-order valence-electron chi connectivity index (χ1n) is 5.08. The van der Waals surface area contributed by atoms with Crippen LogP contribution in [0.25, 0.3) is 0 Å². The number of halogens is 1. The largest absolute Gasteiger partial charge is 0.303 e. The van der Waals surface area contributed by atoms with Crippen LogP contribution in [0.3, 0.4) is 0 Å². The van der Waals surface area contributed by atoms with Gasteiger partial charge in [-0.05, 0) is 32.9 Å². The first-order chi connectivity index (χ1) is 5.74. The highest BCUT2D eigenvalue weighted by Gasteiger charge is 2.23. The second kappa shape index (κ2) is 5.08. The van der Waals surface area contributed by atoms with Crippen molar-refractivity contribution in [2.24, 2.45) is 0 Å². The molecule has 72 valence electrons. The summed E-state index contributed by atoms with van der Waals surface area (Å²) in [5, 5.41) is 0.433. The Bertz CT molecular complexity index is 127. The van der Waals surface area contributed by atoms with Crippen LogP contribution in [-0.2, 0) is 0 Å². The van der Waals surface area contributed by atoms with E-state index in [2.05, 4.69) is 18.9 Å². The van der Waals surface area contributed by atoms with E-state index in [9.17, 15) is 0 Å². The van der Waals surface area contributed by atoms with Crippen molar-refractivity contribution >= 4 is 11.6 Å². The quantitative estimate of drug-likeness (QED) is 0.618. The molecular formula is C10H20ClN. The number of nitrogens with zero attached hydrogens (tertiary/aromatic N) is 1. The molecule has 0 saturated carbocycles. The van der Waals surface area contributed by atoms with Gasteiger partial charge in [0.15, 0.2) is 0 Å². The number of rotatable bonds is 3. The molecule has 0 radical (unpaired) electrons. The molecule has 1 heterocycles. The number of alkyl halides is 1. The van der Waals surface area contributed by atoms with Crippen LogP contribution < -0.4 is 0 Å². The van der Waals surface area contributed by atoms with Gasteiger partial charge in [0.25, 0.3) is 0 Å². The van der Waals surface area contributed by atoms with Crippen molar-refractivity contribution in [2.45, 2.75) is 50.4 Å². The Morgan fingerprint density at radius 2 is 2.25 bits per heavy atom. The van der Waals surface area contributed by atoms with E-state index in [0.717, 1.165) is 6.04 Å². The highest BCUT2D eigenvalue weighted by atomic mass is 35.5. The molecule has 0 spiro atoms. The SMILES string of the molecule is CCCCC1CC(Cl)CCN1C. The molecule has 0 bridgehead atoms. The molecule has 0 aromatic rings. The number of hydrogen-bond donors (Lipinski definition) is 0. The average Bonchev–Trinajstić information content (AvgIpc) is 2.07. The van der Waals surface area contributed by atoms with Crippen LogP contribution in [0.1, 0.15) is 39.0 Å². The van der Waals surface area contributed by atoms with Gasteiger partial charge in [-0.25, -0.2) is 0 Å². The number of likely N-dealkylation sites (tertiary alicyclic amines) is 1. The third-order valence-electron chi connectivity index (χ3n) is 2.84. The zero-order valence-corrected chi connectivity index (χ0v) is 8.98. The van der Waals surface area contributed by atoms with Gasteiger partial charge in [-0.3, -0.25) is 0 Å². The Balaban J connectivity index is 2.28. The van der Waals surface area contributed by atoms with Crippen LogP contribution in [0, 0.1) is 0 Å². The van der Waals surface area contributed by atoms with Gasteiger partial charge >= 0.3 is 0 Å². The Kier molecular flexibility index (Phi) is 4.38. The molecule has 0 aliphatic carbocycles. The van der Waals surface area contributed by atoms with Gasteiger partial charge in [-0.1, -0.05) is 19.8 Å². The van der Waals surface area contributed by atoms with E-state index < -0.39 is 0 Å². The van der Waals surface area contributed by atoms with Gasteiger partial charge in [0, 0.05) is 11.4 Å². The molecule has 1 aliphatic heterocycles. The molecule has 1 fully saturated rings. The molecular weight excluding hydrogens is 170 g/mol. The summed E-state index contributed by atoms with van der Waals surface area (Å²) in [6.45, 7) is 3.43. The third-order valence-corrected chi connectivity index (χ3v) is 3.23. The van der Waals surface area contributed by atoms with E-state index in [1.54, 1.807) is 0 Å². The first kappa shape index (κ1) is 10.3. The standard InChI is InChI=1S/C10H20ClN/c1-3-4-5-10-8-9(11)6-7-12(10)2/h9-10H,3-8H2,1-2H3. The fourth-order valence-electron chi connectivity index (χ4n) is 1.90. The van der Waals surface area contributed by atoms with Gasteiger partial charge in [0.1, 0.15) is 0 Å². The van der Waals surface area contributed by atoms with Gasteiger partial charge in [-0.2, -0.15) is 0 Å². The molecule has 2 unspecified atom stereocenters. The van der Waals surface area contributed by atoms with E-state index in [1.807, 2.05) is 0 Å². The molecule has 1 nitrogen and oxygen atoms in total. The number of hydrogen-bond acceptors (Lipinski definition) is 1. The minimum absolute atomic E-state index is 0.433. The maximum Gasteiger partial charge on any atom is 0.0363 e. The Labute approximate surface area is 81.1 Å². The predicted octanol–water partition coefficient (Wildman–Crippen LogP) is 2.88. The Hall–Kier alpha value is 0.250. The first-order valence-corrected chi connectivity index (χ1v) is 5.52. The van der Waals surface area contributed by atoms with Crippen LogP contribution in [0.4, 0.5) is 0 Å². The van der Waals surface area contributed by atoms with Crippen LogP contribution in [-0.4, -0.2) is 29.9 Å². The highest BCUT2D eigenvalue weighted by molar-refractivity contribution is 6.20. The molecule has 2 heteroatoms. The van der Waals surface area contributed by atoms with Crippen LogP contribution in [0.5, 0.6) is 0 Å². The zero-order chi connectivity index (χ0) is 8.97. The summed E-state index contributed by atoms with van der Waals surface area (Å²) in [5.74, 6) is 0. The fourth-order valence-corrected chi connectivity index (χ4v) is 2.20. The monoisotopic (exact) mass is 189 g/mol. The lowest BCUT2D eigenvalue weighted by Crippen LogP contribution is -2.40. The maximum absolute atomic E-state index is 6.13. The second-order valence-corrected chi connectivity index (χ2v) is 4.52. The number of unbranched alkanes of at least 4 members (excludes halogenated alkanes) is 1. The van der Waals surface area contributed by atoms with Gasteiger partial charge in [0.05, 0.1) is 0 Å². The molecule has 1 aliphatic rings. The van der Waals surface area contributed by atoms with Gasteiger partial charge < -0.3 is 4.90 Å². The normalized spacial score (nSPS) is 32.2. The average molecular weight is 190 g/mol. The maximum atomic E-state index is 6.13. The summed E-state index contributed by atoms with van der Waals surface area (Å²) in [6.07, 6.45) is 6.34. The van der Waals surface area contributed by atoms with Gasteiger partial charge in [-0.15, -0.1) is 11.6 Å². The smallest absolute Gasteiger partial charge is 0.0363 e. The summed E-state index contributed by atoms with van der Waals surface area (Å²) in [5.41, 5.74) is 0. The van der Waals surface area contributed by atoms with E-state index >= 15 is 0 Å². The second-order valence-electron chi connectivity index (χ2n) is 3.90. The molecule has 2 atom stereocenters. The zero-order valence-electron chi connectivity index (χ0n) is 8.22. The van der Waals surface area contributed by atoms with E-state index in [0.29, 0.717) is 5.38 Å². The summed E-state index contributed by atoms with van der Waals surface area (Å²) < 4.78 is 0. The van der Waals surface area contributed by atoms with Gasteiger partial charge in [0.2, 0.25) is 0 Å². The van der Waals surface area contributed by atoms with Crippen molar-refractivity contribution in [1.29, 1.82) is 0 Å². The predicted molar refractivity (Wildman–Crippen MR) is 54.8 cm³/mol. The van der Waals surface area contributed by atoms with Crippen molar-refractivity contribution in [3.05, 3.63) is 0 Å². The van der Waals surface area contributed by atoms with Crippen LogP contribution in [0.15, 0.2) is 0 Å². The van der Waals surface area contributed by atoms with E-state index in [1.165, 1.54) is 38.6 Å². The molecule has 0 aromatic carbocycles. The van der Waals surface area contributed by atoms with Crippen molar-refractivity contribution in [2.75, 3.05) is 13.6 Å². The van der Waals surface area contributed by atoms with E-state index in [4.69, 9.17) is 11.6 Å². The lowest BCUT2D eigenvalue weighted by atomic mass is 9.98. The minimum Gasteiger partial charge on any atom is -0.303 e. The van der Waals surface area contributed by atoms with Crippen molar-refractivity contribution in [3.63, 3.8) is 0 Å². The van der Waals surface area contributed by atoms with Crippen molar-refractivity contribution in [1.82, 2.24) is 4.90 Å². The lowest BCUT2D eigenvalue weighted by molar-refractivity contribution is 0.176. The van der Waals surface area contributed by atoms with Crippen LogP contribution in [0.2, 0.25) is 0 Å². The Morgan fingerprint density at radius 1 is 1.50 bits per heavy atom. The molecule has 1 saturated heterocycles. The van der Waals surface area contributed by atoms with Crippen molar-refractivity contribution in [3.8, 4) is 0 Å². The summed E-state index contributed by atoms with van der Waals surface area (Å²) in [4.78, 5) is 2.47.